The van der Waals surface area contributed by atoms with Crippen molar-refractivity contribution >= 4 is 20.1 Å². The van der Waals surface area contributed by atoms with Gasteiger partial charge in [-0.1, -0.05) is 32.9 Å². The second-order valence-corrected chi connectivity index (χ2v) is 15.7. The van der Waals surface area contributed by atoms with Crippen LogP contribution in [0.25, 0.3) is 0 Å². The van der Waals surface area contributed by atoms with Gasteiger partial charge in [0.05, 0.1) is 18.3 Å². The van der Waals surface area contributed by atoms with Gasteiger partial charge < -0.3 is 9.16 Å². The van der Waals surface area contributed by atoms with Crippen LogP contribution in [0, 0.1) is 0 Å². The van der Waals surface area contributed by atoms with Crippen molar-refractivity contribution in [2.45, 2.75) is 96.5 Å². The Morgan fingerprint density at radius 3 is 2.32 bits per heavy atom. The van der Waals surface area contributed by atoms with Crippen LogP contribution in [0.4, 0.5) is 10.5 Å². The molecule has 4 nitrogen and oxygen atoms in total. The van der Waals surface area contributed by atoms with Crippen molar-refractivity contribution in [3.63, 3.8) is 0 Å². The molecule has 1 aliphatic heterocycles. The van der Waals surface area contributed by atoms with Crippen LogP contribution >= 0.6 is 0 Å². The fraction of sp³-hybridized carbons (Fsp3) is 0.696. The Kier molecular flexibility index (Phi) is 5.47. The lowest BCUT2D eigenvalue weighted by molar-refractivity contribution is 0.0558. The lowest BCUT2D eigenvalue weighted by Crippen LogP contribution is -2.48. The first-order chi connectivity index (χ1) is 12.8. The summed E-state index contributed by atoms with van der Waals surface area (Å²) in [5.74, 6) is 0.662. The second-order valence-electron chi connectivity index (χ2n) is 10.9. The minimum Gasteiger partial charge on any atom is -0.443 e. The third-order valence-corrected chi connectivity index (χ3v) is 10.8. The van der Waals surface area contributed by atoms with Gasteiger partial charge in [-0.2, -0.15) is 0 Å². The Labute approximate surface area is 171 Å². The van der Waals surface area contributed by atoms with E-state index in [4.69, 9.17) is 9.16 Å². The van der Waals surface area contributed by atoms with Gasteiger partial charge in [-0.25, -0.2) is 4.79 Å². The molecule has 1 aromatic carbocycles. The van der Waals surface area contributed by atoms with Gasteiger partial charge in [0, 0.05) is 0 Å². The molecule has 1 aromatic rings. The lowest BCUT2D eigenvalue weighted by Gasteiger charge is -2.38. The zero-order valence-corrected chi connectivity index (χ0v) is 19.9. The van der Waals surface area contributed by atoms with Crippen molar-refractivity contribution in [2.75, 3.05) is 11.5 Å². The zero-order valence-electron chi connectivity index (χ0n) is 18.9. The molecule has 0 saturated heterocycles. The predicted molar refractivity (Wildman–Crippen MR) is 118 cm³/mol. The Hall–Kier alpha value is -1.33. The number of carbonyl (C=O) groups excluding carboxylic acids is 1. The van der Waals surface area contributed by atoms with E-state index in [0.29, 0.717) is 12.5 Å². The number of benzene rings is 1. The van der Waals surface area contributed by atoms with Crippen LogP contribution in [0.3, 0.4) is 0 Å². The number of rotatable bonds is 4. The lowest BCUT2D eigenvalue weighted by atomic mass is 10.00. The summed E-state index contributed by atoms with van der Waals surface area (Å²) in [5, 5.41) is 0.147. The second kappa shape index (κ2) is 7.17. The van der Waals surface area contributed by atoms with Gasteiger partial charge in [-0.05, 0) is 81.3 Å². The first-order valence-corrected chi connectivity index (χ1v) is 13.5. The van der Waals surface area contributed by atoms with Gasteiger partial charge in [0.1, 0.15) is 5.60 Å². The number of nitrogens with zero attached hydrogens (tertiary/aromatic N) is 1. The van der Waals surface area contributed by atoms with E-state index >= 15 is 0 Å². The van der Waals surface area contributed by atoms with E-state index in [9.17, 15) is 4.79 Å². The SMILES string of the molecule is CC(C)(C)OC(=O)N1c2cccc(C3CC3)c2C[C@H]1CO[Si](C)(C)C(C)(C)C. The highest BCUT2D eigenvalue weighted by Crippen LogP contribution is 2.47. The Morgan fingerprint density at radius 1 is 1.14 bits per heavy atom. The molecule has 0 N–H and O–H groups in total. The molecule has 1 atom stereocenters. The molecular formula is C23H37NO3Si. The zero-order chi connectivity index (χ0) is 20.9. The number of ether oxygens (including phenoxy) is 1. The molecule has 5 heteroatoms. The molecule has 1 fully saturated rings. The predicted octanol–water partition coefficient (Wildman–Crippen LogP) is 6.25. The Morgan fingerprint density at radius 2 is 1.79 bits per heavy atom. The standard InChI is InChI=1S/C23H37NO3Si/c1-22(2,3)27-21(25)24-17(15-26-28(7,8)23(4,5)6)14-19-18(16-12-13-16)10-9-11-20(19)24/h9-11,16-17H,12-15H2,1-8H3/t17-/m0/s1. The average Bonchev–Trinajstić information content (AvgIpc) is 3.29. The molecule has 2 aliphatic rings. The first kappa shape index (κ1) is 21.4. The van der Waals surface area contributed by atoms with E-state index in [1.54, 1.807) is 0 Å². The Bertz CT molecular complexity index is 741. The third-order valence-electron chi connectivity index (χ3n) is 6.30. The molecule has 28 heavy (non-hydrogen) atoms. The molecule has 0 radical (unpaired) electrons. The summed E-state index contributed by atoms with van der Waals surface area (Å²) in [7, 11) is -1.89. The van der Waals surface area contributed by atoms with Crippen LogP contribution in [-0.2, 0) is 15.6 Å². The molecule has 1 heterocycles. The molecule has 1 amide bonds. The van der Waals surface area contributed by atoms with Crippen molar-refractivity contribution in [1.82, 2.24) is 0 Å². The quantitative estimate of drug-likeness (QED) is 0.558. The molecule has 3 rings (SSSR count). The van der Waals surface area contributed by atoms with Gasteiger partial charge >= 0.3 is 6.09 Å². The molecular weight excluding hydrogens is 366 g/mol. The summed E-state index contributed by atoms with van der Waals surface area (Å²) in [6, 6.07) is 6.39. The van der Waals surface area contributed by atoms with Crippen LogP contribution in [0.15, 0.2) is 18.2 Å². The maximum atomic E-state index is 13.1. The molecule has 0 spiro atoms. The smallest absolute Gasteiger partial charge is 0.415 e. The van der Waals surface area contributed by atoms with Crippen LogP contribution in [-0.4, -0.2) is 32.7 Å². The van der Waals surface area contributed by atoms with E-state index in [1.807, 2.05) is 25.7 Å². The molecule has 0 aromatic heterocycles. The fourth-order valence-electron chi connectivity index (χ4n) is 3.55. The number of fused-ring (bicyclic) bond motifs is 1. The van der Waals surface area contributed by atoms with Gasteiger partial charge in [0.25, 0.3) is 0 Å². The minimum absolute atomic E-state index is 0.00104. The van der Waals surface area contributed by atoms with Crippen molar-refractivity contribution in [2.24, 2.45) is 0 Å². The van der Waals surface area contributed by atoms with E-state index in [-0.39, 0.29) is 17.2 Å². The number of hydrogen-bond acceptors (Lipinski definition) is 3. The summed E-state index contributed by atoms with van der Waals surface area (Å²) < 4.78 is 12.3. The third kappa shape index (κ3) is 4.46. The summed E-state index contributed by atoms with van der Waals surface area (Å²) in [6.45, 7) is 17.6. The first-order valence-electron chi connectivity index (χ1n) is 10.6. The Balaban J connectivity index is 1.88. The van der Waals surface area contributed by atoms with E-state index in [1.165, 1.54) is 24.0 Å². The number of hydrogen-bond donors (Lipinski definition) is 0. The largest absolute Gasteiger partial charge is 0.443 e. The van der Waals surface area contributed by atoms with Crippen molar-refractivity contribution in [1.29, 1.82) is 0 Å². The van der Waals surface area contributed by atoms with Gasteiger partial charge in [0.2, 0.25) is 0 Å². The van der Waals surface area contributed by atoms with Crippen LogP contribution < -0.4 is 4.90 Å². The van der Waals surface area contributed by atoms with E-state index in [2.05, 4.69) is 52.1 Å². The number of anilines is 1. The highest BCUT2D eigenvalue weighted by Gasteiger charge is 2.43. The maximum Gasteiger partial charge on any atom is 0.415 e. The minimum atomic E-state index is -1.89. The fourth-order valence-corrected chi connectivity index (χ4v) is 4.60. The number of amides is 1. The monoisotopic (exact) mass is 403 g/mol. The maximum absolute atomic E-state index is 13.1. The summed E-state index contributed by atoms with van der Waals surface area (Å²) in [4.78, 5) is 15.0. The highest BCUT2D eigenvalue weighted by molar-refractivity contribution is 6.74. The molecule has 1 aliphatic carbocycles. The molecule has 0 bridgehead atoms. The van der Waals surface area contributed by atoms with Gasteiger partial charge in [-0.15, -0.1) is 0 Å². The van der Waals surface area contributed by atoms with E-state index in [0.717, 1.165) is 12.1 Å². The van der Waals surface area contributed by atoms with Crippen LogP contribution in [0.2, 0.25) is 18.1 Å². The summed E-state index contributed by atoms with van der Waals surface area (Å²) in [6.07, 6.45) is 3.11. The highest BCUT2D eigenvalue weighted by atomic mass is 28.4. The molecule has 1 saturated carbocycles. The van der Waals surface area contributed by atoms with Gasteiger partial charge in [-0.3, -0.25) is 4.90 Å². The van der Waals surface area contributed by atoms with E-state index < -0.39 is 13.9 Å². The topological polar surface area (TPSA) is 38.8 Å². The van der Waals surface area contributed by atoms with Gasteiger partial charge in [0.15, 0.2) is 8.32 Å². The summed E-state index contributed by atoms with van der Waals surface area (Å²) >= 11 is 0. The normalized spacial score (nSPS) is 20.3. The molecule has 156 valence electrons. The van der Waals surface area contributed by atoms with Crippen molar-refractivity contribution in [3.05, 3.63) is 29.3 Å². The summed E-state index contributed by atoms with van der Waals surface area (Å²) in [5.41, 5.74) is 3.24. The average molecular weight is 404 g/mol. The van der Waals surface area contributed by atoms with Crippen molar-refractivity contribution in [3.8, 4) is 0 Å². The van der Waals surface area contributed by atoms with Crippen LogP contribution in [0.5, 0.6) is 0 Å². The van der Waals surface area contributed by atoms with Crippen molar-refractivity contribution < 1.29 is 14.0 Å². The number of carbonyl (C=O) groups is 1. The molecule has 0 unspecified atom stereocenters. The van der Waals surface area contributed by atoms with Crippen LogP contribution in [0.1, 0.15) is 71.4 Å².